The molecule has 0 aliphatic rings. The molecule has 0 N–H and O–H groups in total. The van der Waals surface area contributed by atoms with Gasteiger partial charge in [-0.25, -0.2) is 4.98 Å². The first kappa shape index (κ1) is 9.88. The predicted molar refractivity (Wildman–Crippen MR) is 60.7 cm³/mol. The van der Waals surface area contributed by atoms with Crippen molar-refractivity contribution in [1.29, 1.82) is 5.26 Å². The average molecular weight is 214 g/mol. The van der Waals surface area contributed by atoms with E-state index in [4.69, 9.17) is 5.26 Å². The van der Waals surface area contributed by atoms with Gasteiger partial charge in [-0.1, -0.05) is 30.3 Å². The van der Waals surface area contributed by atoms with Gasteiger partial charge in [0, 0.05) is 5.38 Å². The van der Waals surface area contributed by atoms with Crippen LogP contribution in [0.5, 0.6) is 0 Å². The van der Waals surface area contributed by atoms with Crippen LogP contribution in [0, 0.1) is 18.3 Å². The van der Waals surface area contributed by atoms with E-state index >= 15 is 0 Å². The number of hydrogen-bond acceptors (Lipinski definition) is 3. The van der Waals surface area contributed by atoms with Crippen LogP contribution in [0.1, 0.15) is 22.2 Å². The predicted octanol–water partition coefficient (Wildman–Crippen LogP) is 3.11. The third-order valence-corrected chi connectivity index (χ3v) is 2.99. The van der Waals surface area contributed by atoms with Crippen LogP contribution in [-0.4, -0.2) is 4.98 Å². The minimum atomic E-state index is -0.240. The summed E-state index contributed by atoms with van der Waals surface area (Å²) in [6, 6.07) is 12.0. The van der Waals surface area contributed by atoms with Crippen molar-refractivity contribution >= 4 is 11.3 Å². The smallest absolute Gasteiger partial charge is 0.114 e. The van der Waals surface area contributed by atoms with Gasteiger partial charge in [0.15, 0.2) is 0 Å². The van der Waals surface area contributed by atoms with Gasteiger partial charge >= 0.3 is 0 Å². The SMILES string of the molecule is Cc1nc([C@H](C#N)c2ccccc2)cs1. The standard InChI is InChI=1S/C12H10N2S/c1-9-14-12(8-15-9)11(7-13)10-5-3-2-4-6-10/h2-6,8,11H,1H3/t11-/m1/s1. The lowest BCUT2D eigenvalue weighted by molar-refractivity contribution is 0.974. The molecule has 0 spiro atoms. The van der Waals surface area contributed by atoms with Crippen LogP contribution >= 0.6 is 11.3 Å². The minimum Gasteiger partial charge on any atom is -0.245 e. The highest BCUT2D eigenvalue weighted by atomic mass is 32.1. The molecule has 0 saturated carbocycles. The number of thiazole rings is 1. The molecule has 0 amide bonds. The summed E-state index contributed by atoms with van der Waals surface area (Å²) in [5.41, 5.74) is 1.86. The lowest BCUT2D eigenvalue weighted by atomic mass is 9.98. The third kappa shape index (κ3) is 2.05. The molecule has 2 nitrogen and oxygen atoms in total. The van der Waals surface area contributed by atoms with E-state index in [1.165, 1.54) is 0 Å². The molecule has 1 heterocycles. The number of nitrogens with zero attached hydrogens (tertiary/aromatic N) is 2. The molecule has 0 aliphatic carbocycles. The van der Waals surface area contributed by atoms with Gasteiger partial charge < -0.3 is 0 Å². The first-order chi connectivity index (χ1) is 7.31. The van der Waals surface area contributed by atoms with Crippen molar-refractivity contribution < 1.29 is 0 Å². The van der Waals surface area contributed by atoms with Crippen LogP contribution in [-0.2, 0) is 0 Å². The second-order valence-electron chi connectivity index (χ2n) is 3.26. The van der Waals surface area contributed by atoms with Gasteiger partial charge in [-0.05, 0) is 12.5 Å². The Kier molecular flexibility index (Phi) is 2.79. The second-order valence-corrected chi connectivity index (χ2v) is 4.33. The number of hydrogen-bond donors (Lipinski definition) is 0. The van der Waals surface area contributed by atoms with Crippen molar-refractivity contribution in [3.63, 3.8) is 0 Å². The molecule has 2 rings (SSSR count). The zero-order chi connectivity index (χ0) is 10.7. The summed E-state index contributed by atoms with van der Waals surface area (Å²) >= 11 is 1.58. The Morgan fingerprint density at radius 2 is 2.07 bits per heavy atom. The molecule has 0 aliphatic heterocycles. The van der Waals surface area contributed by atoms with E-state index in [0.29, 0.717) is 0 Å². The maximum Gasteiger partial charge on any atom is 0.114 e. The first-order valence-electron chi connectivity index (χ1n) is 4.68. The van der Waals surface area contributed by atoms with Crippen LogP contribution in [0.15, 0.2) is 35.7 Å². The Balaban J connectivity index is 2.38. The first-order valence-corrected chi connectivity index (χ1v) is 5.56. The molecule has 0 bridgehead atoms. The highest BCUT2D eigenvalue weighted by Gasteiger charge is 2.15. The van der Waals surface area contributed by atoms with Crippen molar-refractivity contribution in [3.05, 3.63) is 52.0 Å². The van der Waals surface area contributed by atoms with Gasteiger partial charge in [0.05, 0.1) is 16.8 Å². The van der Waals surface area contributed by atoms with Crippen molar-refractivity contribution in [2.75, 3.05) is 0 Å². The Bertz CT molecular complexity index is 482. The van der Waals surface area contributed by atoms with Crippen LogP contribution in [0.2, 0.25) is 0 Å². The van der Waals surface area contributed by atoms with Gasteiger partial charge in [-0.2, -0.15) is 5.26 Å². The molecule has 0 radical (unpaired) electrons. The van der Waals surface area contributed by atoms with E-state index in [9.17, 15) is 0 Å². The fourth-order valence-corrected chi connectivity index (χ4v) is 2.11. The van der Waals surface area contributed by atoms with E-state index in [-0.39, 0.29) is 5.92 Å². The number of nitriles is 1. The van der Waals surface area contributed by atoms with Crippen molar-refractivity contribution in [2.45, 2.75) is 12.8 Å². The fraction of sp³-hybridized carbons (Fsp3) is 0.167. The van der Waals surface area contributed by atoms with E-state index < -0.39 is 0 Å². The number of benzene rings is 1. The number of rotatable bonds is 2. The molecule has 1 aromatic carbocycles. The summed E-state index contributed by atoms with van der Waals surface area (Å²) in [6.07, 6.45) is 0. The maximum atomic E-state index is 9.16. The van der Waals surface area contributed by atoms with Gasteiger partial charge in [-0.15, -0.1) is 11.3 Å². The summed E-state index contributed by atoms with van der Waals surface area (Å²) in [6.45, 7) is 1.95. The summed E-state index contributed by atoms with van der Waals surface area (Å²) in [4.78, 5) is 4.35. The van der Waals surface area contributed by atoms with Gasteiger partial charge in [0.1, 0.15) is 5.92 Å². The third-order valence-electron chi connectivity index (χ3n) is 2.19. The number of aryl methyl sites for hydroxylation is 1. The maximum absolute atomic E-state index is 9.16. The van der Waals surface area contributed by atoms with Crippen LogP contribution < -0.4 is 0 Å². The molecule has 2 aromatic rings. The molecule has 1 atom stereocenters. The minimum absolute atomic E-state index is 0.240. The molecular weight excluding hydrogens is 204 g/mol. The zero-order valence-corrected chi connectivity index (χ0v) is 9.16. The second kappa shape index (κ2) is 4.24. The van der Waals surface area contributed by atoms with Crippen molar-refractivity contribution in [3.8, 4) is 6.07 Å². The Morgan fingerprint density at radius 1 is 1.33 bits per heavy atom. The molecule has 1 aromatic heterocycles. The Labute approximate surface area is 92.8 Å². The van der Waals surface area contributed by atoms with Crippen molar-refractivity contribution in [1.82, 2.24) is 4.98 Å². The zero-order valence-electron chi connectivity index (χ0n) is 8.34. The largest absolute Gasteiger partial charge is 0.245 e. The summed E-state index contributed by atoms with van der Waals surface area (Å²) in [5, 5.41) is 12.1. The van der Waals surface area contributed by atoms with E-state index in [0.717, 1.165) is 16.3 Å². The van der Waals surface area contributed by atoms with E-state index in [1.54, 1.807) is 11.3 Å². The molecule has 74 valence electrons. The monoisotopic (exact) mass is 214 g/mol. The molecule has 0 unspecified atom stereocenters. The topological polar surface area (TPSA) is 36.7 Å². The van der Waals surface area contributed by atoms with E-state index in [2.05, 4.69) is 11.1 Å². The van der Waals surface area contributed by atoms with E-state index in [1.807, 2.05) is 42.6 Å². The van der Waals surface area contributed by atoms with Crippen LogP contribution in [0.3, 0.4) is 0 Å². The van der Waals surface area contributed by atoms with Crippen molar-refractivity contribution in [2.24, 2.45) is 0 Å². The highest BCUT2D eigenvalue weighted by molar-refractivity contribution is 7.09. The average Bonchev–Trinajstić information content (AvgIpc) is 2.68. The molecular formula is C12H10N2S. The summed E-state index contributed by atoms with van der Waals surface area (Å²) in [5.74, 6) is -0.240. The lowest BCUT2D eigenvalue weighted by Gasteiger charge is -2.05. The fourth-order valence-electron chi connectivity index (χ4n) is 1.47. The summed E-state index contributed by atoms with van der Waals surface area (Å²) in [7, 11) is 0. The molecule has 15 heavy (non-hydrogen) atoms. The molecule has 3 heteroatoms. The Hall–Kier alpha value is -1.66. The van der Waals surface area contributed by atoms with Gasteiger partial charge in [0.25, 0.3) is 0 Å². The van der Waals surface area contributed by atoms with Gasteiger partial charge in [0.2, 0.25) is 0 Å². The molecule has 0 saturated heterocycles. The van der Waals surface area contributed by atoms with Crippen LogP contribution in [0.25, 0.3) is 0 Å². The number of aromatic nitrogens is 1. The highest BCUT2D eigenvalue weighted by Crippen LogP contribution is 2.24. The van der Waals surface area contributed by atoms with Gasteiger partial charge in [-0.3, -0.25) is 0 Å². The lowest BCUT2D eigenvalue weighted by Crippen LogP contribution is -1.98. The normalized spacial score (nSPS) is 12.0. The van der Waals surface area contributed by atoms with Crippen LogP contribution in [0.4, 0.5) is 0 Å². The summed E-state index contributed by atoms with van der Waals surface area (Å²) < 4.78 is 0. The molecule has 0 fully saturated rings. The Morgan fingerprint density at radius 3 is 2.60 bits per heavy atom. The quantitative estimate of drug-likeness (QED) is 0.770.